The molecule has 18 heavy (non-hydrogen) atoms. The summed E-state index contributed by atoms with van der Waals surface area (Å²) in [6.07, 6.45) is 1.92. The number of hydrogen-bond acceptors (Lipinski definition) is 3. The van der Waals surface area contributed by atoms with Gasteiger partial charge in [0, 0.05) is 12.1 Å². The molecule has 0 bridgehead atoms. The zero-order valence-electron chi connectivity index (χ0n) is 10.1. The Bertz CT molecular complexity index is 453. The maximum Gasteiger partial charge on any atom is 0.248 e. The van der Waals surface area contributed by atoms with E-state index < -0.39 is 5.91 Å². The third-order valence-corrected chi connectivity index (χ3v) is 3.06. The normalized spacial score (nSPS) is 18.6. The van der Waals surface area contributed by atoms with E-state index >= 15 is 0 Å². The number of benzene rings is 1. The predicted octanol–water partition coefficient (Wildman–Crippen LogP) is 0.154. The van der Waals surface area contributed by atoms with E-state index in [0.717, 1.165) is 24.9 Å². The van der Waals surface area contributed by atoms with Gasteiger partial charge in [-0.1, -0.05) is 12.1 Å². The second kappa shape index (κ2) is 5.64. The molecule has 1 heterocycles. The Balaban J connectivity index is 1.91. The van der Waals surface area contributed by atoms with Crippen LogP contribution < -0.4 is 16.4 Å². The van der Waals surface area contributed by atoms with E-state index in [4.69, 9.17) is 5.73 Å². The quantitative estimate of drug-likeness (QED) is 0.708. The molecule has 1 aromatic rings. The average Bonchev–Trinajstić information content (AvgIpc) is 2.90. The fourth-order valence-corrected chi connectivity index (χ4v) is 2.06. The molecule has 0 saturated carbocycles. The lowest BCUT2D eigenvalue weighted by molar-refractivity contribution is -0.122. The summed E-state index contributed by atoms with van der Waals surface area (Å²) >= 11 is 0. The summed E-state index contributed by atoms with van der Waals surface area (Å²) < 4.78 is 0. The van der Waals surface area contributed by atoms with Crippen LogP contribution in [0.5, 0.6) is 0 Å². The van der Waals surface area contributed by atoms with Crippen molar-refractivity contribution in [3.05, 3.63) is 35.4 Å². The topological polar surface area (TPSA) is 84.2 Å². The van der Waals surface area contributed by atoms with Gasteiger partial charge < -0.3 is 16.4 Å². The van der Waals surface area contributed by atoms with Crippen molar-refractivity contribution in [1.82, 2.24) is 10.6 Å². The van der Waals surface area contributed by atoms with Gasteiger partial charge in [-0.15, -0.1) is 0 Å². The summed E-state index contributed by atoms with van der Waals surface area (Å²) in [5.74, 6) is -0.447. The second-order valence-corrected chi connectivity index (χ2v) is 4.43. The Labute approximate surface area is 106 Å². The van der Waals surface area contributed by atoms with Gasteiger partial charge in [-0.3, -0.25) is 9.59 Å². The van der Waals surface area contributed by atoms with Crippen LogP contribution >= 0.6 is 0 Å². The van der Waals surface area contributed by atoms with Crippen molar-refractivity contribution >= 4 is 11.8 Å². The number of carbonyl (C=O) groups excluding carboxylic acids is 2. The van der Waals surface area contributed by atoms with Gasteiger partial charge in [-0.05, 0) is 37.1 Å². The van der Waals surface area contributed by atoms with Crippen LogP contribution in [0.2, 0.25) is 0 Å². The molecule has 1 saturated heterocycles. The molecule has 4 N–H and O–H groups in total. The lowest BCUT2D eigenvalue weighted by Gasteiger charge is -2.11. The number of amides is 2. The van der Waals surface area contributed by atoms with Gasteiger partial charge in [0.2, 0.25) is 11.8 Å². The Morgan fingerprint density at radius 3 is 2.94 bits per heavy atom. The number of nitrogens with one attached hydrogen (secondary N) is 2. The van der Waals surface area contributed by atoms with E-state index in [1.807, 2.05) is 6.07 Å². The molecule has 0 unspecified atom stereocenters. The molecular formula is C13H17N3O2. The minimum Gasteiger partial charge on any atom is -0.366 e. The number of primary amides is 1. The molecule has 0 aliphatic carbocycles. The number of carbonyl (C=O) groups is 2. The highest BCUT2D eigenvalue weighted by Gasteiger charge is 2.21. The largest absolute Gasteiger partial charge is 0.366 e. The van der Waals surface area contributed by atoms with Crippen molar-refractivity contribution in [3.63, 3.8) is 0 Å². The van der Waals surface area contributed by atoms with Crippen LogP contribution in [0.1, 0.15) is 28.8 Å². The minimum atomic E-state index is -0.458. The molecule has 2 rings (SSSR count). The molecule has 1 aliphatic heterocycles. The molecule has 2 amide bonds. The van der Waals surface area contributed by atoms with E-state index in [2.05, 4.69) is 10.6 Å². The van der Waals surface area contributed by atoms with Crippen LogP contribution in [0.4, 0.5) is 0 Å². The fraction of sp³-hybridized carbons (Fsp3) is 0.385. The van der Waals surface area contributed by atoms with E-state index in [1.54, 1.807) is 18.2 Å². The first-order chi connectivity index (χ1) is 8.66. The third kappa shape index (κ3) is 3.07. The van der Waals surface area contributed by atoms with Crippen LogP contribution in [0.25, 0.3) is 0 Å². The molecule has 5 heteroatoms. The Morgan fingerprint density at radius 1 is 1.44 bits per heavy atom. The highest BCUT2D eigenvalue weighted by atomic mass is 16.2. The predicted molar refractivity (Wildman–Crippen MR) is 67.8 cm³/mol. The van der Waals surface area contributed by atoms with Gasteiger partial charge in [0.1, 0.15) is 0 Å². The fourth-order valence-electron chi connectivity index (χ4n) is 2.06. The van der Waals surface area contributed by atoms with Gasteiger partial charge >= 0.3 is 0 Å². The first kappa shape index (κ1) is 12.6. The lowest BCUT2D eigenvalue weighted by atomic mass is 10.1. The van der Waals surface area contributed by atoms with Gasteiger partial charge in [-0.25, -0.2) is 0 Å². The van der Waals surface area contributed by atoms with Crippen LogP contribution in [0, 0.1) is 0 Å². The lowest BCUT2D eigenvalue weighted by Crippen LogP contribution is -2.40. The highest BCUT2D eigenvalue weighted by Crippen LogP contribution is 2.07. The summed E-state index contributed by atoms with van der Waals surface area (Å²) in [7, 11) is 0. The summed E-state index contributed by atoms with van der Waals surface area (Å²) in [4.78, 5) is 22.8. The van der Waals surface area contributed by atoms with Gasteiger partial charge in [-0.2, -0.15) is 0 Å². The molecule has 96 valence electrons. The SMILES string of the molecule is NC(=O)c1cccc(CNC(=O)[C@@H]2CCCN2)c1. The average molecular weight is 247 g/mol. The molecule has 1 aromatic carbocycles. The van der Waals surface area contributed by atoms with Gasteiger partial charge in [0.15, 0.2) is 0 Å². The van der Waals surface area contributed by atoms with Gasteiger partial charge in [0.25, 0.3) is 0 Å². The first-order valence-corrected chi connectivity index (χ1v) is 6.06. The molecule has 1 atom stereocenters. The zero-order chi connectivity index (χ0) is 13.0. The molecule has 0 spiro atoms. The van der Waals surface area contributed by atoms with E-state index in [-0.39, 0.29) is 11.9 Å². The van der Waals surface area contributed by atoms with Crippen molar-refractivity contribution in [3.8, 4) is 0 Å². The molecular weight excluding hydrogens is 230 g/mol. The van der Waals surface area contributed by atoms with E-state index in [0.29, 0.717) is 12.1 Å². The smallest absolute Gasteiger partial charge is 0.248 e. The number of hydrogen-bond donors (Lipinski definition) is 3. The van der Waals surface area contributed by atoms with E-state index in [1.165, 1.54) is 0 Å². The summed E-state index contributed by atoms with van der Waals surface area (Å²) in [5, 5.41) is 5.99. The molecule has 1 fully saturated rings. The second-order valence-electron chi connectivity index (χ2n) is 4.43. The van der Waals surface area contributed by atoms with Crippen LogP contribution in [-0.2, 0) is 11.3 Å². The summed E-state index contributed by atoms with van der Waals surface area (Å²) in [6.45, 7) is 1.31. The Kier molecular flexibility index (Phi) is 3.94. The van der Waals surface area contributed by atoms with Crippen molar-refractivity contribution in [2.45, 2.75) is 25.4 Å². The molecule has 0 radical (unpaired) electrons. The Morgan fingerprint density at radius 2 is 2.28 bits per heavy atom. The van der Waals surface area contributed by atoms with Crippen LogP contribution in [0.3, 0.4) is 0 Å². The van der Waals surface area contributed by atoms with Crippen molar-refractivity contribution < 1.29 is 9.59 Å². The summed E-state index contributed by atoms with van der Waals surface area (Å²) in [6, 6.07) is 6.89. The van der Waals surface area contributed by atoms with Gasteiger partial charge in [0.05, 0.1) is 6.04 Å². The molecule has 5 nitrogen and oxygen atoms in total. The number of rotatable bonds is 4. The Hall–Kier alpha value is -1.88. The number of nitrogens with two attached hydrogens (primary N) is 1. The van der Waals surface area contributed by atoms with Crippen LogP contribution in [0.15, 0.2) is 24.3 Å². The van der Waals surface area contributed by atoms with Crippen molar-refractivity contribution in [2.24, 2.45) is 5.73 Å². The molecule has 0 aromatic heterocycles. The zero-order valence-corrected chi connectivity index (χ0v) is 10.1. The highest BCUT2D eigenvalue weighted by molar-refractivity contribution is 5.92. The van der Waals surface area contributed by atoms with Crippen molar-refractivity contribution in [2.75, 3.05) is 6.54 Å². The summed E-state index contributed by atoms with van der Waals surface area (Å²) in [5.41, 5.74) is 6.53. The standard InChI is InChI=1S/C13H17N3O2/c14-12(17)10-4-1-3-9(7-10)8-16-13(18)11-5-2-6-15-11/h1,3-4,7,11,15H,2,5-6,8H2,(H2,14,17)(H,16,18)/t11-/m0/s1. The maximum absolute atomic E-state index is 11.8. The first-order valence-electron chi connectivity index (χ1n) is 6.06. The third-order valence-electron chi connectivity index (χ3n) is 3.06. The molecule has 1 aliphatic rings. The minimum absolute atomic E-state index is 0.0111. The van der Waals surface area contributed by atoms with Crippen LogP contribution in [-0.4, -0.2) is 24.4 Å². The van der Waals surface area contributed by atoms with Crippen molar-refractivity contribution in [1.29, 1.82) is 0 Å². The van der Waals surface area contributed by atoms with E-state index in [9.17, 15) is 9.59 Å². The monoisotopic (exact) mass is 247 g/mol. The maximum atomic E-state index is 11.8.